The van der Waals surface area contributed by atoms with Gasteiger partial charge < -0.3 is 9.73 Å². The molecule has 0 radical (unpaired) electrons. The Balaban J connectivity index is 0.00000208. The summed E-state index contributed by atoms with van der Waals surface area (Å²) in [5.74, 6) is 1.05. The van der Waals surface area contributed by atoms with Crippen LogP contribution in [0.15, 0.2) is 34.9 Å². The van der Waals surface area contributed by atoms with Crippen LogP contribution in [0.3, 0.4) is 0 Å². The summed E-state index contributed by atoms with van der Waals surface area (Å²) in [5.41, 5.74) is 1.60. The number of piperidine rings is 1. The van der Waals surface area contributed by atoms with Gasteiger partial charge in [0.2, 0.25) is 5.89 Å². The minimum absolute atomic E-state index is 0. The second-order valence-corrected chi connectivity index (χ2v) is 6.27. The Morgan fingerprint density at radius 2 is 2.12 bits per heavy atom. The van der Waals surface area contributed by atoms with Gasteiger partial charge in [-0.25, -0.2) is 9.37 Å². The van der Waals surface area contributed by atoms with Crippen LogP contribution in [0.5, 0.6) is 0 Å². The summed E-state index contributed by atoms with van der Waals surface area (Å²) in [7, 11) is 2.01. The van der Waals surface area contributed by atoms with Gasteiger partial charge in [0.15, 0.2) is 0 Å². The molecule has 1 aromatic heterocycles. The summed E-state index contributed by atoms with van der Waals surface area (Å²) in [6, 6.07) is 6.35. The largest absolute Gasteiger partial charge is 0.444 e. The predicted molar refractivity (Wildman–Crippen MR) is 95.7 cm³/mol. The Bertz CT molecular complexity index is 626. The molecule has 6 heteroatoms. The first-order valence-electron chi connectivity index (χ1n) is 8.32. The molecule has 2 heterocycles. The molecule has 1 saturated heterocycles. The van der Waals surface area contributed by atoms with Crippen molar-refractivity contribution in [2.75, 3.05) is 26.7 Å². The van der Waals surface area contributed by atoms with E-state index >= 15 is 0 Å². The fourth-order valence-electron chi connectivity index (χ4n) is 3.14. The maximum Gasteiger partial charge on any atom is 0.226 e. The third-order valence-corrected chi connectivity index (χ3v) is 4.52. The molecule has 0 bridgehead atoms. The lowest BCUT2D eigenvalue weighted by molar-refractivity contribution is 0.170. The molecule has 0 aliphatic carbocycles. The second kappa shape index (κ2) is 9.16. The fourth-order valence-corrected chi connectivity index (χ4v) is 3.14. The van der Waals surface area contributed by atoms with Gasteiger partial charge >= 0.3 is 0 Å². The molecule has 132 valence electrons. The first kappa shape index (κ1) is 18.9. The van der Waals surface area contributed by atoms with Crippen LogP contribution in [0.4, 0.5) is 4.39 Å². The van der Waals surface area contributed by atoms with Gasteiger partial charge in [0.25, 0.3) is 0 Å². The Hall–Kier alpha value is -1.43. The molecule has 1 aliphatic rings. The number of hydrogen-bond acceptors (Lipinski definition) is 4. The van der Waals surface area contributed by atoms with Crippen molar-refractivity contribution in [2.45, 2.75) is 25.8 Å². The summed E-state index contributed by atoms with van der Waals surface area (Å²) >= 11 is 0. The topological polar surface area (TPSA) is 41.3 Å². The summed E-state index contributed by atoms with van der Waals surface area (Å²) in [4.78, 5) is 6.92. The Labute approximate surface area is 148 Å². The van der Waals surface area contributed by atoms with Gasteiger partial charge in [-0.2, -0.15) is 0 Å². The van der Waals surface area contributed by atoms with Crippen molar-refractivity contribution < 1.29 is 8.81 Å². The molecule has 24 heavy (non-hydrogen) atoms. The van der Waals surface area contributed by atoms with Crippen LogP contribution in [0.25, 0.3) is 11.5 Å². The molecule has 4 nitrogen and oxygen atoms in total. The van der Waals surface area contributed by atoms with Gasteiger partial charge in [-0.05, 0) is 70.1 Å². The molecule has 1 N–H and O–H groups in total. The van der Waals surface area contributed by atoms with Crippen molar-refractivity contribution in [3.8, 4) is 11.5 Å². The van der Waals surface area contributed by atoms with E-state index in [0.29, 0.717) is 11.5 Å². The van der Waals surface area contributed by atoms with Crippen LogP contribution in [-0.2, 0) is 6.54 Å². The zero-order chi connectivity index (χ0) is 16.1. The van der Waals surface area contributed by atoms with Crippen molar-refractivity contribution in [3.05, 3.63) is 42.0 Å². The van der Waals surface area contributed by atoms with Crippen LogP contribution < -0.4 is 5.32 Å². The highest BCUT2D eigenvalue weighted by atomic mass is 35.5. The number of benzene rings is 1. The second-order valence-electron chi connectivity index (χ2n) is 6.27. The van der Waals surface area contributed by atoms with E-state index < -0.39 is 0 Å². The first-order valence-corrected chi connectivity index (χ1v) is 8.32. The van der Waals surface area contributed by atoms with Gasteiger partial charge in [0, 0.05) is 12.1 Å². The highest BCUT2D eigenvalue weighted by Crippen LogP contribution is 2.23. The Morgan fingerprint density at radius 1 is 1.33 bits per heavy atom. The van der Waals surface area contributed by atoms with Crippen molar-refractivity contribution in [2.24, 2.45) is 5.92 Å². The smallest absolute Gasteiger partial charge is 0.226 e. The number of hydrogen-bond donors (Lipinski definition) is 1. The van der Waals surface area contributed by atoms with Gasteiger partial charge in [0.05, 0.1) is 5.69 Å². The molecule has 0 amide bonds. The normalized spacial score (nSPS) is 16.1. The number of rotatable bonds is 6. The molecular weight excluding hydrogens is 329 g/mol. The average Bonchev–Trinajstić information content (AvgIpc) is 3.03. The molecule has 1 fully saturated rings. The number of likely N-dealkylation sites (tertiary alicyclic amines) is 1. The molecule has 1 aliphatic heterocycles. The van der Waals surface area contributed by atoms with E-state index in [9.17, 15) is 4.39 Å². The monoisotopic (exact) mass is 353 g/mol. The predicted octanol–water partition coefficient (Wildman–Crippen LogP) is 3.72. The van der Waals surface area contributed by atoms with E-state index in [1.807, 2.05) is 13.1 Å². The molecule has 1 aromatic carbocycles. The average molecular weight is 354 g/mol. The lowest BCUT2D eigenvalue weighted by Crippen LogP contribution is -2.34. The van der Waals surface area contributed by atoms with Crippen LogP contribution in [0.2, 0.25) is 0 Å². The van der Waals surface area contributed by atoms with Crippen LogP contribution >= 0.6 is 12.4 Å². The molecule has 0 saturated carbocycles. The van der Waals surface area contributed by atoms with Crippen molar-refractivity contribution in [1.29, 1.82) is 0 Å². The molecule has 2 aromatic rings. The summed E-state index contributed by atoms with van der Waals surface area (Å²) in [6.45, 7) is 4.12. The highest BCUT2D eigenvalue weighted by molar-refractivity contribution is 5.85. The quantitative estimate of drug-likeness (QED) is 0.859. The summed E-state index contributed by atoms with van der Waals surface area (Å²) < 4.78 is 18.8. The summed E-state index contributed by atoms with van der Waals surface area (Å²) in [6.07, 6.45) is 5.44. The third kappa shape index (κ3) is 5.03. The number of nitrogens with one attached hydrogen (secondary N) is 1. The van der Waals surface area contributed by atoms with Gasteiger partial charge in [-0.1, -0.05) is 6.07 Å². The van der Waals surface area contributed by atoms with Gasteiger partial charge in [-0.3, -0.25) is 4.90 Å². The van der Waals surface area contributed by atoms with E-state index in [4.69, 9.17) is 4.42 Å². The van der Waals surface area contributed by atoms with E-state index in [2.05, 4.69) is 15.2 Å². The van der Waals surface area contributed by atoms with E-state index in [1.165, 1.54) is 31.4 Å². The van der Waals surface area contributed by atoms with E-state index in [0.717, 1.165) is 37.8 Å². The minimum Gasteiger partial charge on any atom is -0.444 e. The van der Waals surface area contributed by atoms with Crippen molar-refractivity contribution >= 4 is 12.4 Å². The lowest BCUT2D eigenvalue weighted by Gasteiger charge is -2.31. The Morgan fingerprint density at radius 3 is 2.83 bits per heavy atom. The zero-order valence-electron chi connectivity index (χ0n) is 14.0. The number of aromatic nitrogens is 1. The van der Waals surface area contributed by atoms with E-state index in [-0.39, 0.29) is 18.2 Å². The number of nitrogens with zero attached hydrogens (tertiary/aromatic N) is 2. The third-order valence-electron chi connectivity index (χ3n) is 4.52. The van der Waals surface area contributed by atoms with Crippen LogP contribution in [0.1, 0.15) is 25.0 Å². The standard InChI is InChI=1S/C18H24FN3O.ClH/c1-20-8-5-14-6-9-22(10-7-14)12-17-13-23-18(21-17)15-3-2-4-16(19)11-15;/h2-4,11,13-14,20H,5-10,12H2,1H3;1H. The molecule has 0 unspecified atom stereocenters. The maximum absolute atomic E-state index is 13.3. The van der Waals surface area contributed by atoms with Crippen LogP contribution in [0, 0.1) is 11.7 Å². The van der Waals surface area contributed by atoms with Gasteiger partial charge in [0.1, 0.15) is 12.1 Å². The molecule has 0 atom stereocenters. The Kier molecular flexibility index (Phi) is 7.21. The minimum atomic E-state index is -0.272. The van der Waals surface area contributed by atoms with E-state index in [1.54, 1.807) is 12.3 Å². The molecular formula is C18H25ClFN3O. The van der Waals surface area contributed by atoms with Crippen molar-refractivity contribution in [3.63, 3.8) is 0 Å². The lowest BCUT2D eigenvalue weighted by atomic mass is 9.93. The zero-order valence-corrected chi connectivity index (χ0v) is 14.8. The number of halogens is 2. The first-order chi connectivity index (χ1) is 11.2. The number of oxazole rings is 1. The maximum atomic E-state index is 13.3. The molecule has 3 rings (SSSR count). The summed E-state index contributed by atoms with van der Waals surface area (Å²) in [5, 5.41) is 3.23. The SMILES string of the molecule is CNCCC1CCN(Cc2coc(-c3cccc(F)c3)n2)CC1.Cl. The highest BCUT2D eigenvalue weighted by Gasteiger charge is 2.20. The van der Waals surface area contributed by atoms with Gasteiger partial charge in [-0.15, -0.1) is 12.4 Å². The van der Waals surface area contributed by atoms with Crippen LogP contribution in [-0.4, -0.2) is 36.6 Å². The molecule has 0 spiro atoms. The fraction of sp³-hybridized carbons (Fsp3) is 0.500. The van der Waals surface area contributed by atoms with Crippen molar-refractivity contribution in [1.82, 2.24) is 15.2 Å².